The summed E-state index contributed by atoms with van der Waals surface area (Å²) < 4.78 is 39.9. The first kappa shape index (κ1) is 15.1. The van der Waals surface area contributed by atoms with E-state index in [-0.39, 0.29) is 16.1 Å². The van der Waals surface area contributed by atoms with Crippen molar-refractivity contribution in [2.45, 2.75) is 33.0 Å². The number of halogens is 4. The highest BCUT2D eigenvalue weighted by molar-refractivity contribution is 6.33. The minimum Gasteiger partial charge on any atom is -0.322 e. The molecule has 0 aromatic carbocycles. The zero-order valence-corrected chi connectivity index (χ0v) is 12.0. The third kappa shape index (κ3) is 2.62. The molecule has 2 aromatic heterocycles. The Bertz CT molecular complexity index is 641. The van der Waals surface area contributed by atoms with Crippen LogP contribution in [0.2, 0.25) is 5.02 Å². The Morgan fingerprint density at radius 2 is 1.90 bits per heavy atom. The van der Waals surface area contributed by atoms with E-state index in [4.69, 9.17) is 17.3 Å². The van der Waals surface area contributed by atoms with Crippen molar-refractivity contribution >= 4 is 17.2 Å². The molecule has 0 amide bonds. The molecule has 0 saturated heterocycles. The van der Waals surface area contributed by atoms with Crippen LogP contribution in [0.4, 0.5) is 13.2 Å². The van der Waals surface area contributed by atoms with Crippen LogP contribution >= 0.6 is 11.6 Å². The van der Waals surface area contributed by atoms with Crippen LogP contribution in [0.3, 0.4) is 0 Å². The second-order valence-corrected chi connectivity index (χ2v) is 6.20. The van der Waals surface area contributed by atoms with Crippen LogP contribution < -0.4 is 5.73 Å². The summed E-state index contributed by atoms with van der Waals surface area (Å²) in [6.07, 6.45) is -2.02. The molecule has 0 saturated carbocycles. The number of hydrogen-bond donors (Lipinski definition) is 1. The maximum atomic E-state index is 12.8. The molecular formula is C13H15ClF3N3. The summed E-state index contributed by atoms with van der Waals surface area (Å²) in [5, 5.41) is -0.0489. The van der Waals surface area contributed by atoms with Gasteiger partial charge in [-0.15, -0.1) is 0 Å². The van der Waals surface area contributed by atoms with Gasteiger partial charge in [0.1, 0.15) is 0 Å². The van der Waals surface area contributed by atoms with Gasteiger partial charge in [-0.05, 0) is 11.5 Å². The van der Waals surface area contributed by atoms with Crippen LogP contribution in [0.1, 0.15) is 38.1 Å². The van der Waals surface area contributed by atoms with E-state index < -0.39 is 17.8 Å². The van der Waals surface area contributed by atoms with Crippen LogP contribution in [-0.4, -0.2) is 9.38 Å². The van der Waals surface area contributed by atoms with Gasteiger partial charge in [0.05, 0.1) is 28.5 Å². The van der Waals surface area contributed by atoms with Gasteiger partial charge in [-0.2, -0.15) is 13.2 Å². The molecule has 2 rings (SSSR count). The highest BCUT2D eigenvalue weighted by Crippen LogP contribution is 2.35. The van der Waals surface area contributed by atoms with E-state index in [0.29, 0.717) is 5.69 Å². The van der Waals surface area contributed by atoms with E-state index in [1.165, 1.54) is 10.6 Å². The van der Waals surface area contributed by atoms with Crippen molar-refractivity contribution < 1.29 is 13.2 Å². The monoisotopic (exact) mass is 305 g/mol. The largest absolute Gasteiger partial charge is 0.417 e. The van der Waals surface area contributed by atoms with Crippen molar-refractivity contribution in [1.29, 1.82) is 0 Å². The molecule has 0 fully saturated rings. The SMILES string of the molecule is CC(C)(C)C(N)c1cnc2c(Cl)cc(C(F)(F)F)cn12. The fraction of sp³-hybridized carbons (Fsp3) is 0.462. The Morgan fingerprint density at radius 1 is 1.30 bits per heavy atom. The lowest BCUT2D eigenvalue weighted by Crippen LogP contribution is -2.27. The second kappa shape index (κ2) is 4.63. The number of rotatable bonds is 1. The average Bonchev–Trinajstić information content (AvgIpc) is 2.69. The predicted octanol–water partition coefficient (Wildman–Crippen LogP) is 4.05. The first-order valence-electron chi connectivity index (χ1n) is 6.01. The molecule has 0 radical (unpaired) electrons. The molecule has 20 heavy (non-hydrogen) atoms. The molecule has 1 atom stereocenters. The van der Waals surface area contributed by atoms with Crippen LogP contribution in [-0.2, 0) is 6.18 Å². The van der Waals surface area contributed by atoms with Gasteiger partial charge < -0.3 is 10.1 Å². The van der Waals surface area contributed by atoms with E-state index in [1.54, 1.807) is 0 Å². The number of imidazole rings is 1. The Labute approximate surface area is 119 Å². The fourth-order valence-corrected chi connectivity index (χ4v) is 2.15. The van der Waals surface area contributed by atoms with Crippen LogP contribution in [0.25, 0.3) is 5.65 Å². The van der Waals surface area contributed by atoms with Gasteiger partial charge in [0.25, 0.3) is 0 Å². The van der Waals surface area contributed by atoms with Gasteiger partial charge in [0.15, 0.2) is 5.65 Å². The van der Waals surface area contributed by atoms with E-state index >= 15 is 0 Å². The van der Waals surface area contributed by atoms with Gasteiger partial charge in [0.2, 0.25) is 0 Å². The highest BCUT2D eigenvalue weighted by Gasteiger charge is 2.33. The molecule has 2 heterocycles. The van der Waals surface area contributed by atoms with Gasteiger partial charge in [-0.3, -0.25) is 0 Å². The number of nitrogens with two attached hydrogens (primary N) is 1. The minimum absolute atomic E-state index is 0.0489. The predicted molar refractivity (Wildman–Crippen MR) is 71.6 cm³/mol. The average molecular weight is 306 g/mol. The van der Waals surface area contributed by atoms with Crippen molar-refractivity contribution in [2.75, 3.05) is 0 Å². The zero-order chi connectivity index (χ0) is 15.3. The number of alkyl halides is 3. The van der Waals surface area contributed by atoms with E-state index in [0.717, 1.165) is 12.3 Å². The minimum atomic E-state index is -4.47. The van der Waals surface area contributed by atoms with E-state index in [2.05, 4.69) is 4.98 Å². The van der Waals surface area contributed by atoms with Crippen molar-refractivity contribution in [3.8, 4) is 0 Å². The van der Waals surface area contributed by atoms with E-state index in [1.807, 2.05) is 20.8 Å². The molecule has 3 nitrogen and oxygen atoms in total. The van der Waals surface area contributed by atoms with Crippen molar-refractivity contribution in [3.63, 3.8) is 0 Å². The molecule has 110 valence electrons. The maximum Gasteiger partial charge on any atom is 0.417 e. The molecule has 0 aliphatic heterocycles. The van der Waals surface area contributed by atoms with Crippen LogP contribution in [0.5, 0.6) is 0 Å². The summed E-state index contributed by atoms with van der Waals surface area (Å²) in [6.45, 7) is 5.73. The molecular weight excluding hydrogens is 291 g/mol. The number of hydrogen-bond acceptors (Lipinski definition) is 2. The summed E-state index contributed by atoms with van der Waals surface area (Å²) in [4.78, 5) is 4.06. The lowest BCUT2D eigenvalue weighted by molar-refractivity contribution is -0.137. The van der Waals surface area contributed by atoms with Gasteiger partial charge in [-0.25, -0.2) is 4.98 Å². The first-order valence-corrected chi connectivity index (χ1v) is 6.39. The van der Waals surface area contributed by atoms with Crippen molar-refractivity contribution in [3.05, 3.63) is 34.7 Å². The smallest absolute Gasteiger partial charge is 0.322 e. The molecule has 0 aliphatic rings. The van der Waals surface area contributed by atoms with Crippen LogP contribution in [0.15, 0.2) is 18.5 Å². The van der Waals surface area contributed by atoms with Gasteiger partial charge in [-0.1, -0.05) is 32.4 Å². The van der Waals surface area contributed by atoms with Crippen molar-refractivity contribution in [1.82, 2.24) is 9.38 Å². The number of nitrogens with zero attached hydrogens (tertiary/aromatic N) is 2. The quantitative estimate of drug-likeness (QED) is 0.863. The molecule has 2 N–H and O–H groups in total. The third-order valence-electron chi connectivity index (χ3n) is 3.17. The Morgan fingerprint density at radius 3 is 2.40 bits per heavy atom. The van der Waals surface area contributed by atoms with Crippen LogP contribution in [0, 0.1) is 5.41 Å². The number of aromatic nitrogens is 2. The summed E-state index contributed by atoms with van der Waals surface area (Å²) in [7, 11) is 0. The molecule has 1 unspecified atom stereocenters. The standard InChI is InChI=1S/C13H15ClF3N3/c1-12(2,3)10(18)9-5-19-11-8(14)4-7(6-20(9)11)13(15,16)17/h4-6,10H,18H2,1-3H3. The Balaban J connectivity index is 2.68. The lowest BCUT2D eigenvalue weighted by Gasteiger charge is -2.26. The number of fused-ring (bicyclic) bond motifs is 1. The molecule has 2 aromatic rings. The zero-order valence-electron chi connectivity index (χ0n) is 11.3. The first-order chi connectivity index (χ1) is 9.01. The Kier molecular flexibility index (Phi) is 3.50. The summed E-state index contributed by atoms with van der Waals surface area (Å²) in [5.41, 5.74) is 5.75. The molecule has 0 aliphatic carbocycles. The normalized spacial score (nSPS) is 14.8. The molecule has 7 heteroatoms. The number of pyridine rings is 1. The second-order valence-electron chi connectivity index (χ2n) is 5.79. The summed E-state index contributed by atoms with van der Waals surface area (Å²) >= 11 is 5.88. The topological polar surface area (TPSA) is 43.3 Å². The maximum absolute atomic E-state index is 12.8. The van der Waals surface area contributed by atoms with E-state index in [9.17, 15) is 13.2 Å². The molecule has 0 spiro atoms. The fourth-order valence-electron chi connectivity index (χ4n) is 1.89. The molecule has 0 bridgehead atoms. The van der Waals surface area contributed by atoms with Gasteiger partial charge in [0, 0.05) is 6.20 Å². The van der Waals surface area contributed by atoms with Crippen molar-refractivity contribution in [2.24, 2.45) is 11.1 Å². The van der Waals surface area contributed by atoms with Gasteiger partial charge >= 0.3 is 6.18 Å². The third-order valence-corrected chi connectivity index (χ3v) is 3.45. The summed E-state index contributed by atoms with van der Waals surface area (Å²) in [5.74, 6) is 0. The highest BCUT2D eigenvalue weighted by atomic mass is 35.5. The lowest BCUT2D eigenvalue weighted by atomic mass is 9.86. The summed E-state index contributed by atoms with van der Waals surface area (Å²) in [6, 6.07) is 0.410. The Hall–Kier alpha value is -1.27.